The third-order valence-corrected chi connectivity index (χ3v) is 2.77. The van der Waals surface area contributed by atoms with Crippen molar-refractivity contribution < 1.29 is 19.8 Å². The van der Waals surface area contributed by atoms with E-state index < -0.39 is 18.0 Å². The molecule has 1 aromatic carbocycles. The van der Waals surface area contributed by atoms with Gasteiger partial charge in [0.25, 0.3) is 0 Å². The number of aliphatic carboxylic acids is 1. The van der Waals surface area contributed by atoms with Gasteiger partial charge in [0, 0.05) is 18.7 Å². The first kappa shape index (κ1) is 16.0. The molecule has 20 heavy (non-hydrogen) atoms. The summed E-state index contributed by atoms with van der Waals surface area (Å²) in [4.78, 5) is 22.5. The summed E-state index contributed by atoms with van der Waals surface area (Å²) in [5.74, 6) is -1.17. The van der Waals surface area contributed by atoms with Gasteiger partial charge in [-0.05, 0) is 24.1 Å². The first-order valence-corrected chi connectivity index (χ1v) is 6.57. The average molecular weight is 280 g/mol. The number of aliphatic hydroxyl groups is 1. The highest BCUT2D eigenvalue weighted by Gasteiger charge is 2.18. The molecule has 0 aliphatic heterocycles. The molecule has 0 heterocycles. The molecule has 0 saturated carbocycles. The minimum Gasteiger partial charge on any atom is -0.480 e. The van der Waals surface area contributed by atoms with E-state index in [2.05, 4.69) is 17.6 Å². The van der Waals surface area contributed by atoms with Crippen LogP contribution in [0.3, 0.4) is 0 Å². The van der Waals surface area contributed by atoms with Crippen LogP contribution < -0.4 is 10.6 Å². The van der Waals surface area contributed by atoms with E-state index >= 15 is 0 Å². The van der Waals surface area contributed by atoms with Crippen LogP contribution in [0.2, 0.25) is 0 Å². The van der Waals surface area contributed by atoms with Gasteiger partial charge in [0.2, 0.25) is 0 Å². The van der Waals surface area contributed by atoms with Gasteiger partial charge in [-0.3, -0.25) is 0 Å². The number of nitrogens with one attached hydrogen (secondary N) is 2. The lowest BCUT2D eigenvalue weighted by Crippen LogP contribution is -2.43. The fraction of sp³-hybridized carbons (Fsp3) is 0.429. The molecule has 0 aliphatic carbocycles. The molecule has 0 aliphatic rings. The summed E-state index contributed by atoms with van der Waals surface area (Å²) in [6.45, 7) is 1.79. The average Bonchev–Trinajstić information content (AvgIpc) is 2.40. The Morgan fingerprint density at radius 2 is 1.90 bits per heavy atom. The molecule has 0 spiro atoms. The van der Waals surface area contributed by atoms with E-state index in [1.807, 2.05) is 12.1 Å². The van der Waals surface area contributed by atoms with E-state index in [9.17, 15) is 9.59 Å². The van der Waals surface area contributed by atoms with Crippen LogP contribution in [-0.4, -0.2) is 34.9 Å². The lowest BCUT2D eigenvalue weighted by molar-refractivity contribution is -0.139. The van der Waals surface area contributed by atoms with Crippen molar-refractivity contribution in [2.45, 2.75) is 32.2 Å². The molecule has 0 radical (unpaired) electrons. The minimum atomic E-state index is -1.17. The quantitative estimate of drug-likeness (QED) is 0.609. The monoisotopic (exact) mass is 280 g/mol. The number of aryl methyl sites for hydroxylation is 1. The van der Waals surface area contributed by atoms with Crippen molar-refractivity contribution in [2.75, 3.05) is 11.9 Å². The highest BCUT2D eigenvalue weighted by atomic mass is 16.4. The number of urea groups is 1. The lowest BCUT2D eigenvalue weighted by Gasteiger charge is -2.14. The van der Waals surface area contributed by atoms with E-state index in [-0.39, 0.29) is 13.0 Å². The molecule has 1 atom stereocenters. The largest absolute Gasteiger partial charge is 0.480 e. The molecule has 0 bridgehead atoms. The van der Waals surface area contributed by atoms with E-state index in [0.717, 1.165) is 12.8 Å². The molecule has 6 heteroatoms. The Balaban J connectivity index is 2.54. The van der Waals surface area contributed by atoms with Crippen LogP contribution in [0.1, 0.15) is 25.3 Å². The molecule has 0 fully saturated rings. The predicted octanol–water partition coefficient (Wildman–Crippen LogP) is 1.60. The van der Waals surface area contributed by atoms with E-state index in [1.165, 1.54) is 5.56 Å². The zero-order valence-electron chi connectivity index (χ0n) is 11.4. The Hall–Kier alpha value is -2.08. The standard InChI is InChI=1S/C14H20N2O4/c1-2-3-10-4-6-11(7-5-10)15-14(20)16-12(8-9-17)13(18)19/h4-7,12,17H,2-3,8-9H2,1H3,(H,18,19)(H2,15,16,20)/t12-/m1/s1. The van der Waals surface area contributed by atoms with E-state index in [4.69, 9.17) is 10.2 Å². The summed E-state index contributed by atoms with van der Waals surface area (Å²) >= 11 is 0. The molecule has 6 nitrogen and oxygen atoms in total. The fourth-order valence-electron chi connectivity index (χ4n) is 1.76. The first-order chi connectivity index (χ1) is 9.56. The van der Waals surface area contributed by atoms with Crippen LogP contribution in [0, 0.1) is 0 Å². The lowest BCUT2D eigenvalue weighted by atomic mass is 10.1. The number of carboxylic acid groups (broad SMARTS) is 1. The number of rotatable bonds is 7. The Labute approximate surface area is 117 Å². The van der Waals surface area contributed by atoms with Crippen molar-refractivity contribution in [3.63, 3.8) is 0 Å². The third kappa shape index (κ3) is 5.27. The smallest absolute Gasteiger partial charge is 0.326 e. The number of benzene rings is 1. The maximum absolute atomic E-state index is 11.6. The number of amides is 2. The second-order valence-electron chi connectivity index (χ2n) is 4.45. The van der Waals surface area contributed by atoms with Crippen LogP contribution in [0.5, 0.6) is 0 Å². The molecule has 0 unspecified atom stereocenters. The summed E-state index contributed by atoms with van der Waals surface area (Å²) in [5.41, 5.74) is 1.78. The zero-order chi connectivity index (χ0) is 15.0. The Morgan fingerprint density at radius 3 is 2.40 bits per heavy atom. The van der Waals surface area contributed by atoms with Crippen LogP contribution in [0.4, 0.5) is 10.5 Å². The Kier molecular flexibility index (Phi) is 6.52. The van der Waals surface area contributed by atoms with Gasteiger partial charge in [0.15, 0.2) is 0 Å². The summed E-state index contributed by atoms with van der Waals surface area (Å²) in [6, 6.07) is 5.68. The van der Waals surface area contributed by atoms with Gasteiger partial charge in [0.1, 0.15) is 6.04 Å². The number of carbonyl (C=O) groups is 2. The summed E-state index contributed by atoms with van der Waals surface area (Å²) in [6.07, 6.45) is 2.00. The summed E-state index contributed by atoms with van der Waals surface area (Å²) in [5, 5.41) is 22.5. The normalized spacial score (nSPS) is 11.7. The Bertz CT molecular complexity index is 445. The molecule has 110 valence electrons. The second-order valence-corrected chi connectivity index (χ2v) is 4.45. The molecule has 1 rings (SSSR count). The molecule has 0 saturated heterocycles. The number of aliphatic hydroxyl groups excluding tert-OH is 1. The number of hydrogen-bond donors (Lipinski definition) is 4. The second kappa shape index (κ2) is 8.16. The maximum atomic E-state index is 11.6. The summed E-state index contributed by atoms with van der Waals surface area (Å²) < 4.78 is 0. The number of carbonyl (C=O) groups excluding carboxylic acids is 1. The highest BCUT2D eigenvalue weighted by molar-refractivity contribution is 5.92. The Morgan fingerprint density at radius 1 is 1.25 bits per heavy atom. The van der Waals surface area contributed by atoms with Crippen molar-refractivity contribution in [3.8, 4) is 0 Å². The van der Waals surface area contributed by atoms with Crippen molar-refractivity contribution in [2.24, 2.45) is 0 Å². The number of carboxylic acids is 1. The van der Waals surface area contributed by atoms with Crippen LogP contribution in [0.15, 0.2) is 24.3 Å². The summed E-state index contributed by atoms with van der Waals surface area (Å²) in [7, 11) is 0. The molecular weight excluding hydrogens is 260 g/mol. The van der Waals surface area contributed by atoms with Crippen molar-refractivity contribution in [1.82, 2.24) is 5.32 Å². The first-order valence-electron chi connectivity index (χ1n) is 6.57. The predicted molar refractivity (Wildman–Crippen MR) is 75.7 cm³/mol. The van der Waals surface area contributed by atoms with Gasteiger partial charge in [-0.15, -0.1) is 0 Å². The van der Waals surface area contributed by atoms with Crippen LogP contribution in [0.25, 0.3) is 0 Å². The topological polar surface area (TPSA) is 98.7 Å². The zero-order valence-corrected chi connectivity index (χ0v) is 11.4. The van der Waals surface area contributed by atoms with Crippen LogP contribution in [-0.2, 0) is 11.2 Å². The van der Waals surface area contributed by atoms with Gasteiger partial charge >= 0.3 is 12.0 Å². The van der Waals surface area contributed by atoms with Crippen molar-refractivity contribution in [1.29, 1.82) is 0 Å². The van der Waals surface area contributed by atoms with Crippen molar-refractivity contribution >= 4 is 17.7 Å². The number of hydrogen-bond acceptors (Lipinski definition) is 3. The van der Waals surface area contributed by atoms with E-state index in [0.29, 0.717) is 5.69 Å². The molecule has 2 amide bonds. The molecule has 1 aromatic rings. The fourth-order valence-corrected chi connectivity index (χ4v) is 1.76. The van der Waals surface area contributed by atoms with Crippen LogP contribution >= 0.6 is 0 Å². The van der Waals surface area contributed by atoms with Gasteiger partial charge in [-0.2, -0.15) is 0 Å². The van der Waals surface area contributed by atoms with Gasteiger partial charge in [-0.1, -0.05) is 25.5 Å². The highest BCUT2D eigenvalue weighted by Crippen LogP contribution is 2.11. The minimum absolute atomic E-state index is 0.0296. The maximum Gasteiger partial charge on any atom is 0.326 e. The van der Waals surface area contributed by atoms with Gasteiger partial charge in [0.05, 0.1) is 0 Å². The SMILES string of the molecule is CCCc1ccc(NC(=O)N[C@H](CCO)C(=O)O)cc1. The molecule has 0 aromatic heterocycles. The number of anilines is 1. The van der Waals surface area contributed by atoms with Gasteiger partial charge in [-0.25, -0.2) is 9.59 Å². The molecular formula is C14H20N2O4. The van der Waals surface area contributed by atoms with E-state index in [1.54, 1.807) is 12.1 Å². The van der Waals surface area contributed by atoms with Gasteiger partial charge < -0.3 is 20.8 Å². The molecule has 4 N–H and O–H groups in total. The third-order valence-electron chi connectivity index (χ3n) is 2.77. The van der Waals surface area contributed by atoms with Crippen molar-refractivity contribution in [3.05, 3.63) is 29.8 Å².